The number of sulfone groups is 1. The van der Waals surface area contributed by atoms with E-state index in [1.54, 1.807) is 7.05 Å². The summed E-state index contributed by atoms with van der Waals surface area (Å²) in [5, 5.41) is 4.13. The molecule has 86 valence electrons. The van der Waals surface area contributed by atoms with Crippen LogP contribution in [0.4, 0.5) is 5.82 Å². The van der Waals surface area contributed by atoms with Gasteiger partial charge in [0, 0.05) is 18.9 Å². The molecule has 0 aliphatic carbocycles. The number of aromatic nitrogens is 2. The molecule has 0 bridgehead atoms. The third kappa shape index (κ3) is 2.71. The topological polar surface area (TPSA) is 78.0 Å². The van der Waals surface area contributed by atoms with Crippen LogP contribution in [0.3, 0.4) is 0 Å². The van der Waals surface area contributed by atoms with E-state index in [0.717, 1.165) is 5.56 Å². The number of nitrogens with zero attached hydrogens (tertiary/aromatic N) is 2. The first kappa shape index (κ1) is 12.0. The van der Waals surface area contributed by atoms with E-state index in [0.29, 0.717) is 11.5 Å². The molecule has 0 radical (unpaired) electrons. The molecule has 5 nitrogen and oxygen atoms in total. The molecule has 1 heterocycles. The highest BCUT2D eigenvalue weighted by molar-refractivity contribution is 7.89. The summed E-state index contributed by atoms with van der Waals surface area (Å²) in [5.74, 6) is 0.671. The van der Waals surface area contributed by atoms with Crippen LogP contribution in [0, 0.1) is 0 Å². The Bertz CT molecular complexity index is 460. The molecule has 0 saturated heterocycles. The minimum Gasteiger partial charge on any atom is -0.384 e. The van der Waals surface area contributed by atoms with Crippen LogP contribution in [0.5, 0.6) is 0 Å². The molecule has 0 unspecified atom stereocenters. The predicted octanol–water partition coefficient (Wildman–Crippen LogP) is 0.670. The van der Waals surface area contributed by atoms with E-state index in [-0.39, 0.29) is 11.7 Å². The number of hydrogen-bond donors (Lipinski definition) is 1. The standard InChI is InChI=1S/C9H17N3O2S/c1-6(2)8-7(5-15(4,13)14)11-12(3)9(8)10/h6H,5,10H2,1-4H3. The van der Waals surface area contributed by atoms with Crippen LogP contribution in [-0.4, -0.2) is 24.5 Å². The zero-order valence-corrected chi connectivity index (χ0v) is 10.3. The summed E-state index contributed by atoms with van der Waals surface area (Å²) in [6, 6.07) is 0. The lowest BCUT2D eigenvalue weighted by Gasteiger charge is -2.06. The zero-order valence-electron chi connectivity index (χ0n) is 9.48. The molecule has 15 heavy (non-hydrogen) atoms. The van der Waals surface area contributed by atoms with Crippen LogP contribution in [-0.2, 0) is 22.6 Å². The van der Waals surface area contributed by atoms with Crippen molar-refractivity contribution in [2.45, 2.75) is 25.5 Å². The lowest BCUT2D eigenvalue weighted by atomic mass is 10.0. The fourth-order valence-electron chi connectivity index (χ4n) is 1.59. The minimum absolute atomic E-state index is 0.0500. The molecule has 0 atom stereocenters. The van der Waals surface area contributed by atoms with Crippen LogP contribution in [0.2, 0.25) is 0 Å². The molecule has 0 fully saturated rings. The van der Waals surface area contributed by atoms with Crippen molar-refractivity contribution in [3.8, 4) is 0 Å². The van der Waals surface area contributed by atoms with Gasteiger partial charge in [-0.25, -0.2) is 8.42 Å². The summed E-state index contributed by atoms with van der Waals surface area (Å²) in [6.07, 6.45) is 1.20. The molecule has 0 spiro atoms. The zero-order chi connectivity index (χ0) is 11.8. The number of rotatable bonds is 3. The van der Waals surface area contributed by atoms with E-state index in [9.17, 15) is 8.42 Å². The molecule has 0 aromatic carbocycles. The summed E-state index contributed by atoms with van der Waals surface area (Å²) in [6.45, 7) is 3.94. The van der Waals surface area contributed by atoms with Gasteiger partial charge in [-0.05, 0) is 5.92 Å². The van der Waals surface area contributed by atoms with Crippen molar-refractivity contribution < 1.29 is 8.42 Å². The predicted molar refractivity (Wildman–Crippen MR) is 60.3 cm³/mol. The Labute approximate surface area is 90.2 Å². The van der Waals surface area contributed by atoms with E-state index >= 15 is 0 Å². The van der Waals surface area contributed by atoms with Crippen LogP contribution in [0.25, 0.3) is 0 Å². The monoisotopic (exact) mass is 231 g/mol. The summed E-state index contributed by atoms with van der Waals surface area (Å²) in [7, 11) is -1.35. The van der Waals surface area contributed by atoms with Gasteiger partial charge in [-0.3, -0.25) is 4.68 Å². The van der Waals surface area contributed by atoms with Gasteiger partial charge in [-0.15, -0.1) is 0 Å². The Morgan fingerprint density at radius 3 is 2.40 bits per heavy atom. The van der Waals surface area contributed by atoms with E-state index in [2.05, 4.69) is 5.10 Å². The first-order chi connectivity index (χ1) is 6.72. The Hall–Kier alpha value is -1.04. The van der Waals surface area contributed by atoms with Crippen molar-refractivity contribution >= 4 is 15.7 Å². The van der Waals surface area contributed by atoms with Gasteiger partial charge in [0.05, 0.1) is 11.4 Å². The second-order valence-electron chi connectivity index (χ2n) is 4.09. The van der Waals surface area contributed by atoms with Crippen molar-refractivity contribution in [2.24, 2.45) is 7.05 Å². The molecule has 6 heteroatoms. The van der Waals surface area contributed by atoms with Gasteiger partial charge < -0.3 is 5.73 Å². The first-order valence-corrected chi connectivity index (χ1v) is 6.77. The van der Waals surface area contributed by atoms with Crippen molar-refractivity contribution in [1.82, 2.24) is 9.78 Å². The fourth-order valence-corrected chi connectivity index (χ4v) is 2.30. The van der Waals surface area contributed by atoms with Crippen molar-refractivity contribution in [3.63, 3.8) is 0 Å². The number of aryl methyl sites for hydroxylation is 1. The minimum atomic E-state index is -3.07. The van der Waals surface area contributed by atoms with Gasteiger partial charge in [0.1, 0.15) is 5.82 Å². The van der Waals surface area contributed by atoms with Gasteiger partial charge >= 0.3 is 0 Å². The average Bonchev–Trinajstić information content (AvgIpc) is 2.23. The molecular formula is C9H17N3O2S. The lowest BCUT2D eigenvalue weighted by Crippen LogP contribution is -2.05. The van der Waals surface area contributed by atoms with Gasteiger partial charge in [0.2, 0.25) is 0 Å². The molecule has 1 aromatic rings. The molecule has 1 rings (SSSR count). The second kappa shape index (κ2) is 3.84. The molecule has 0 aliphatic rings. The van der Waals surface area contributed by atoms with E-state index < -0.39 is 9.84 Å². The Morgan fingerprint density at radius 2 is 2.00 bits per heavy atom. The Balaban J connectivity index is 3.24. The lowest BCUT2D eigenvalue weighted by molar-refractivity contribution is 0.599. The molecule has 1 aromatic heterocycles. The number of hydrogen-bond acceptors (Lipinski definition) is 4. The van der Waals surface area contributed by atoms with Crippen LogP contribution < -0.4 is 5.73 Å². The largest absolute Gasteiger partial charge is 0.384 e. The molecule has 0 aliphatic heterocycles. The quantitative estimate of drug-likeness (QED) is 0.829. The normalized spacial score (nSPS) is 12.3. The van der Waals surface area contributed by atoms with Crippen LogP contribution in [0.15, 0.2) is 0 Å². The average molecular weight is 231 g/mol. The highest BCUT2D eigenvalue weighted by Gasteiger charge is 2.19. The maximum Gasteiger partial charge on any atom is 0.153 e. The smallest absolute Gasteiger partial charge is 0.153 e. The highest BCUT2D eigenvalue weighted by Crippen LogP contribution is 2.26. The third-order valence-corrected chi connectivity index (χ3v) is 2.98. The van der Waals surface area contributed by atoms with Gasteiger partial charge in [0.25, 0.3) is 0 Å². The van der Waals surface area contributed by atoms with Crippen molar-refractivity contribution in [1.29, 1.82) is 0 Å². The van der Waals surface area contributed by atoms with Crippen LogP contribution in [0.1, 0.15) is 31.0 Å². The maximum atomic E-state index is 11.2. The molecule has 0 saturated carbocycles. The summed E-state index contributed by atoms with van der Waals surface area (Å²) in [4.78, 5) is 0. The Kier molecular flexibility index (Phi) is 3.08. The number of nitrogens with two attached hydrogens (primary N) is 1. The Morgan fingerprint density at radius 1 is 1.47 bits per heavy atom. The van der Waals surface area contributed by atoms with Crippen LogP contribution >= 0.6 is 0 Å². The van der Waals surface area contributed by atoms with Crippen molar-refractivity contribution in [3.05, 3.63) is 11.3 Å². The van der Waals surface area contributed by atoms with E-state index in [1.807, 2.05) is 13.8 Å². The summed E-state index contributed by atoms with van der Waals surface area (Å²) in [5.41, 5.74) is 7.23. The second-order valence-corrected chi connectivity index (χ2v) is 6.23. The maximum absolute atomic E-state index is 11.2. The summed E-state index contributed by atoms with van der Waals surface area (Å²) >= 11 is 0. The number of nitrogen functional groups attached to an aromatic ring is 1. The SMILES string of the molecule is CC(C)c1c(CS(C)(=O)=O)nn(C)c1N. The van der Waals surface area contributed by atoms with E-state index in [1.165, 1.54) is 10.9 Å². The molecule has 2 N–H and O–H groups in total. The molecular weight excluding hydrogens is 214 g/mol. The first-order valence-electron chi connectivity index (χ1n) is 4.71. The highest BCUT2D eigenvalue weighted by atomic mass is 32.2. The summed E-state index contributed by atoms with van der Waals surface area (Å²) < 4.78 is 23.9. The van der Waals surface area contributed by atoms with Gasteiger partial charge in [-0.2, -0.15) is 5.10 Å². The van der Waals surface area contributed by atoms with Gasteiger partial charge in [0.15, 0.2) is 9.84 Å². The third-order valence-electron chi connectivity index (χ3n) is 2.18. The van der Waals surface area contributed by atoms with Gasteiger partial charge in [-0.1, -0.05) is 13.8 Å². The number of anilines is 1. The van der Waals surface area contributed by atoms with Crippen molar-refractivity contribution in [2.75, 3.05) is 12.0 Å². The fraction of sp³-hybridized carbons (Fsp3) is 0.667. The van der Waals surface area contributed by atoms with E-state index in [4.69, 9.17) is 5.73 Å². The molecule has 0 amide bonds.